The van der Waals surface area contributed by atoms with Crippen molar-refractivity contribution in [3.8, 4) is 6.07 Å². The highest BCUT2D eigenvalue weighted by atomic mass is 16.2. The molecule has 3 rings (SSSR count). The Bertz CT molecular complexity index is 909. The number of rotatable bonds is 6. The van der Waals surface area contributed by atoms with Gasteiger partial charge < -0.3 is 15.2 Å². The van der Waals surface area contributed by atoms with Crippen LogP contribution in [0.5, 0.6) is 0 Å². The van der Waals surface area contributed by atoms with Crippen molar-refractivity contribution in [2.45, 2.75) is 26.1 Å². The molecular weight excluding hydrogens is 338 g/mol. The van der Waals surface area contributed by atoms with Crippen LogP contribution < -0.4 is 10.6 Å². The monoisotopic (exact) mass is 359 g/mol. The van der Waals surface area contributed by atoms with E-state index in [-0.39, 0.29) is 12.1 Å². The molecule has 0 aliphatic carbocycles. The van der Waals surface area contributed by atoms with Crippen LogP contribution in [0.4, 0.5) is 4.79 Å². The standard InChI is InChI=1S/C21H21N5O/c1-16(20-8-6-17(12-22)7-9-20)25-21(27)24-13-18-2-4-19(5-3-18)14-26-11-10-23-15-26/h2-11,15-16H,13-14H2,1H3,(H2,24,25,27). The fourth-order valence-electron chi connectivity index (χ4n) is 2.71. The molecule has 3 aromatic rings. The van der Waals surface area contributed by atoms with Crippen molar-refractivity contribution >= 4 is 6.03 Å². The van der Waals surface area contributed by atoms with Gasteiger partial charge in [0.25, 0.3) is 0 Å². The molecule has 6 heteroatoms. The number of hydrogen-bond donors (Lipinski definition) is 2. The summed E-state index contributed by atoms with van der Waals surface area (Å²) in [6.45, 7) is 3.14. The lowest BCUT2D eigenvalue weighted by molar-refractivity contribution is 0.237. The Morgan fingerprint density at radius 3 is 2.48 bits per heavy atom. The van der Waals surface area contributed by atoms with E-state index in [0.29, 0.717) is 12.1 Å². The zero-order chi connectivity index (χ0) is 19.1. The van der Waals surface area contributed by atoms with Gasteiger partial charge in [-0.05, 0) is 35.7 Å². The van der Waals surface area contributed by atoms with Crippen LogP contribution in [0.3, 0.4) is 0 Å². The van der Waals surface area contributed by atoms with Gasteiger partial charge in [-0.25, -0.2) is 9.78 Å². The minimum Gasteiger partial charge on any atom is -0.334 e. The van der Waals surface area contributed by atoms with Crippen molar-refractivity contribution in [3.63, 3.8) is 0 Å². The zero-order valence-electron chi connectivity index (χ0n) is 15.1. The van der Waals surface area contributed by atoms with Crippen molar-refractivity contribution in [2.24, 2.45) is 0 Å². The highest BCUT2D eigenvalue weighted by molar-refractivity contribution is 5.74. The Kier molecular flexibility index (Phi) is 5.85. The molecule has 2 N–H and O–H groups in total. The van der Waals surface area contributed by atoms with Crippen molar-refractivity contribution in [1.29, 1.82) is 5.26 Å². The Morgan fingerprint density at radius 1 is 1.15 bits per heavy atom. The van der Waals surface area contributed by atoms with E-state index in [1.165, 1.54) is 5.56 Å². The predicted octanol–water partition coefficient (Wildman–Crippen LogP) is 3.36. The van der Waals surface area contributed by atoms with Crippen molar-refractivity contribution in [2.75, 3.05) is 0 Å². The van der Waals surface area contributed by atoms with E-state index in [4.69, 9.17) is 5.26 Å². The van der Waals surface area contributed by atoms with E-state index in [1.54, 1.807) is 24.7 Å². The lowest BCUT2D eigenvalue weighted by Crippen LogP contribution is -2.36. The molecule has 0 aliphatic heterocycles. The van der Waals surface area contributed by atoms with Gasteiger partial charge in [0.2, 0.25) is 0 Å². The Labute approximate surface area is 158 Å². The third-order valence-corrected chi connectivity index (χ3v) is 4.29. The largest absolute Gasteiger partial charge is 0.334 e. The van der Waals surface area contributed by atoms with Crippen LogP contribution in [0.15, 0.2) is 67.3 Å². The van der Waals surface area contributed by atoms with Gasteiger partial charge in [0.15, 0.2) is 0 Å². The molecule has 0 bridgehead atoms. The molecule has 6 nitrogen and oxygen atoms in total. The number of amides is 2. The topological polar surface area (TPSA) is 82.7 Å². The summed E-state index contributed by atoms with van der Waals surface area (Å²) in [6.07, 6.45) is 5.47. The minimum atomic E-state index is -0.227. The summed E-state index contributed by atoms with van der Waals surface area (Å²) in [5.41, 5.74) is 3.76. The van der Waals surface area contributed by atoms with Crippen LogP contribution >= 0.6 is 0 Å². The first-order chi connectivity index (χ1) is 13.1. The molecule has 27 heavy (non-hydrogen) atoms. The molecule has 2 aromatic carbocycles. The third-order valence-electron chi connectivity index (χ3n) is 4.29. The summed E-state index contributed by atoms with van der Waals surface area (Å²) in [4.78, 5) is 16.1. The first kappa shape index (κ1) is 18.2. The van der Waals surface area contributed by atoms with Crippen LogP contribution in [-0.2, 0) is 13.1 Å². The average molecular weight is 359 g/mol. The summed E-state index contributed by atoms with van der Waals surface area (Å²) in [5, 5.41) is 14.6. The molecule has 2 amide bonds. The maximum absolute atomic E-state index is 12.1. The minimum absolute atomic E-state index is 0.143. The number of hydrogen-bond acceptors (Lipinski definition) is 3. The number of nitrogens with zero attached hydrogens (tertiary/aromatic N) is 3. The van der Waals surface area contributed by atoms with Gasteiger partial charge in [-0.1, -0.05) is 36.4 Å². The second-order valence-corrected chi connectivity index (χ2v) is 6.33. The number of aromatic nitrogens is 2. The molecular formula is C21H21N5O. The van der Waals surface area contributed by atoms with Gasteiger partial charge in [-0.15, -0.1) is 0 Å². The molecule has 0 spiro atoms. The normalized spacial score (nSPS) is 11.4. The lowest BCUT2D eigenvalue weighted by Gasteiger charge is -2.15. The smallest absolute Gasteiger partial charge is 0.315 e. The lowest BCUT2D eigenvalue weighted by atomic mass is 10.1. The Hall–Kier alpha value is -3.59. The highest BCUT2D eigenvalue weighted by Crippen LogP contribution is 2.13. The van der Waals surface area contributed by atoms with Crippen LogP contribution in [-0.4, -0.2) is 15.6 Å². The van der Waals surface area contributed by atoms with Crippen molar-refractivity contribution < 1.29 is 4.79 Å². The summed E-state index contributed by atoms with van der Waals surface area (Å²) in [5.74, 6) is 0. The number of urea groups is 1. The summed E-state index contributed by atoms with van der Waals surface area (Å²) < 4.78 is 2.01. The number of benzene rings is 2. The summed E-state index contributed by atoms with van der Waals surface area (Å²) >= 11 is 0. The zero-order valence-corrected chi connectivity index (χ0v) is 15.1. The maximum atomic E-state index is 12.1. The molecule has 1 unspecified atom stereocenters. The van der Waals surface area contributed by atoms with Crippen LogP contribution in [0.1, 0.15) is 35.2 Å². The quantitative estimate of drug-likeness (QED) is 0.708. The van der Waals surface area contributed by atoms with E-state index in [2.05, 4.69) is 21.7 Å². The van der Waals surface area contributed by atoms with E-state index < -0.39 is 0 Å². The summed E-state index contributed by atoms with van der Waals surface area (Å²) in [6, 6.07) is 17.0. The van der Waals surface area contributed by atoms with Gasteiger partial charge >= 0.3 is 6.03 Å². The fraction of sp³-hybridized carbons (Fsp3) is 0.190. The van der Waals surface area contributed by atoms with Gasteiger partial charge in [0.1, 0.15) is 0 Å². The molecule has 1 atom stereocenters. The van der Waals surface area contributed by atoms with Crippen LogP contribution in [0.2, 0.25) is 0 Å². The van der Waals surface area contributed by atoms with Gasteiger partial charge in [0, 0.05) is 25.5 Å². The fourth-order valence-corrected chi connectivity index (χ4v) is 2.71. The second kappa shape index (κ2) is 8.68. The number of carbonyl (C=O) groups excluding carboxylic acids is 1. The number of carbonyl (C=O) groups is 1. The summed E-state index contributed by atoms with van der Waals surface area (Å²) in [7, 11) is 0. The number of imidazole rings is 1. The molecule has 0 saturated carbocycles. The van der Waals surface area contributed by atoms with E-state index in [1.807, 2.05) is 54.1 Å². The van der Waals surface area contributed by atoms with E-state index in [0.717, 1.165) is 17.7 Å². The van der Waals surface area contributed by atoms with Gasteiger partial charge in [-0.2, -0.15) is 5.26 Å². The molecule has 0 fully saturated rings. The first-order valence-corrected chi connectivity index (χ1v) is 8.72. The SMILES string of the molecule is CC(NC(=O)NCc1ccc(Cn2ccnc2)cc1)c1ccc(C#N)cc1. The Morgan fingerprint density at radius 2 is 1.85 bits per heavy atom. The molecule has 0 radical (unpaired) electrons. The van der Waals surface area contributed by atoms with Crippen LogP contribution in [0.25, 0.3) is 0 Å². The average Bonchev–Trinajstić information content (AvgIpc) is 3.20. The molecule has 1 aromatic heterocycles. The predicted molar refractivity (Wildman–Crippen MR) is 103 cm³/mol. The number of nitrogens with one attached hydrogen (secondary N) is 2. The molecule has 136 valence electrons. The third kappa shape index (κ3) is 5.19. The number of nitriles is 1. The maximum Gasteiger partial charge on any atom is 0.315 e. The molecule has 0 aliphatic rings. The van der Waals surface area contributed by atoms with Gasteiger partial charge in [0.05, 0.1) is 24.0 Å². The van der Waals surface area contributed by atoms with Crippen molar-refractivity contribution in [3.05, 3.63) is 89.5 Å². The van der Waals surface area contributed by atoms with E-state index >= 15 is 0 Å². The van der Waals surface area contributed by atoms with Gasteiger partial charge in [-0.3, -0.25) is 0 Å². The van der Waals surface area contributed by atoms with Crippen molar-refractivity contribution in [1.82, 2.24) is 20.2 Å². The van der Waals surface area contributed by atoms with Crippen LogP contribution in [0, 0.1) is 11.3 Å². The van der Waals surface area contributed by atoms with E-state index in [9.17, 15) is 4.79 Å². The molecule has 0 saturated heterocycles. The molecule has 1 heterocycles. The second-order valence-electron chi connectivity index (χ2n) is 6.33. The first-order valence-electron chi connectivity index (χ1n) is 8.72. The Balaban J connectivity index is 1.47. The highest BCUT2D eigenvalue weighted by Gasteiger charge is 2.09.